The van der Waals surface area contributed by atoms with Crippen molar-refractivity contribution in [3.8, 4) is 17.2 Å². The Labute approximate surface area is 204 Å². The molecule has 3 aliphatic heterocycles. The van der Waals surface area contributed by atoms with Gasteiger partial charge in [-0.3, -0.25) is 4.99 Å². The zero-order valence-electron chi connectivity index (χ0n) is 19.8. The highest BCUT2D eigenvalue weighted by molar-refractivity contribution is 5.87. The van der Waals surface area contributed by atoms with E-state index in [-0.39, 0.29) is 6.61 Å². The number of benzene rings is 3. The normalized spacial score (nSPS) is 15.7. The number of carboxylic acids is 1. The monoisotopic (exact) mass is 468 g/mol. The minimum absolute atomic E-state index is 0.356. The second-order valence-corrected chi connectivity index (χ2v) is 9.31. The van der Waals surface area contributed by atoms with Gasteiger partial charge in [0.15, 0.2) is 6.61 Å². The number of rotatable bonds is 5. The van der Waals surface area contributed by atoms with E-state index < -0.39 is 5.97 Å². The molecule has 35 heavy (non-hydrogen) atoms. The van der Waals surface area contributed by atoms with E-state index in [2.05, 4.69) is 36.1 Å². The Morgan fingerprint density at radius 1 is 1.06 bits per heavy atom. The van der Waals surface area contributed by atoms with Gasteiger partial charge in [-0.25, -0.2) is 4.79 Å². The second kappa shape index (κ2) is 8.77. The quantitative estimate of drug-likeness (QED) is 0.482. The number of hydrogen-bond acceptors (Lipinski definition) is 5. The third-order valence-electron chi connectivity index (χ3n) is 7.11. The van der Waals surface area contributed by atoms with E-state index in [1.165, 1.54) is 16.8 Å². The van der Waals surface area contributed by atoms with Crippen LogP contribution >= 0.6 is 0 Å². The Balaban J connectivity index is 1.55. The molecule has 0 unspecified atom stereocenters. The molecule has 1 N–H and O–H groups in total. The van der Waals surface area contributed by atoms with Gasteiger partial charge in [0, 0.05) is 53.8 Å². The van der Waals surface area contributed by atoms with E-state index in [1.807, 2.05) is 24.3 Å². The van der Waals surface area contributed by atoms with Crippen LogP contribution in [0, 0.1) is 0 Å². The number of carbonyl (C=O) groups is 1. The van der Waals surface area contributed by atoms with Crippen molar-refractivity contribution >= 4 is 17.2 Å². The number of hydrogen-bond donors (Lipinski definition) is 1. The summed E-state index contributed by atoms with van der Waals surface area (Å²) in [5.41, 5.74) is 7.17. The molecular formula is C29H28N2O4. The zero-order valence-corrected chi connectivity index (χ0v) is 19.8. The topological polar surface area (TPSA) is 71.4 Å². The molecular weight excluding hydrogens is 440 g/mol. The fraction of sp³-hybridized carbons (Fsp3) is 0.310. The molecule has 0 saturated heterocycles. The maximum atomic E-state index is 10.9. The lowest BCUT2D eigenvalue weighted by atomic mass is 9.88. The third-order valence-corrected chi connectivity index (χ3v) is 7.11. The SMILES string of the molecule is CCN1CCCc2cc3c(cc21)Oc1cc2c(cc1=C3c1ccc(OCC(=O)O)cc1)CCCN=2. The highest BCUT2D eigenvalue weighted by Crippen LogP contribution is 2.42. The highest BCUT2D eigenvalue weighted by Gasteiger charge is 2.26. The number of carboxylic acid groups (broad SMARTS) is 1. The van der Waals surface area contributed by atoms with Crippen molar-refractivity contribution in [2.45, 2.75) is 32.6 Å². The van der Waals surface area contributed by atoms with Crippen molar-refractivity contribution in [2.75, 3.05) is 31.1 Å². The van der Waals surface area contributed by atoms with Crippen LogP contribution in [0.15, 0.2) is 53.5 Å². The smallest absolute Gasteiger partial charge is 0.341 e. The summed E-state index contributed by atoms with van der Waals surface area (Å²) in [6, 6.07) is 16.5. The second-order valence-electron chi connectivity index (χ2n) is 9.31. The molecule has 3 heterocycles. The molecule has 3 aliphatic rings. The average molecular weight is 469 g/mol. The number of ether oxygens (including phenoxy) is 2. The minimum atomic E-state index is -0.989. The molecule has 3 aromatic carbocycles. The molecule has 6 rings (SSSR count). The first-order valence-corrected chi connectivity index (χ1v) is 12.4. The van der Waals surface area contributed by atoms with Crippen LogP contribution < -0.4 is 24.9 Å². The summed E-state index contributed by atoms with van der Waals surface area (Å²) in [5, 5.41) is 11.0. The minimum Gasteiger partial charge on any atom is -0.482 e. The van der Waals surface area contributed by atoms with Gasteiger partial charge in [0.05, 0.1) is 5.36 Å². The Kier molecular flexibility index (Phi) is 5.44. The molecule has 0 fully saturated rings. The zero-order chi connectivity index (χ0) is 23.9. The Morgan fingerprint density at radius 3 is 2.69 bits per heavy atom. The van der Waals surface area contributed by atoms with Crippen molar-refractivity contribution in [1.29, 1.82) is 0 Å². The standard InChI is InChI=1S/C29H28N2O4/c1-2-31-12-4-6-20-14-23-27(16-25(20)31)35-26-15-24-19(5-3-11-30-24)13-22(26)29(23)18-7-9-21(10-8-18)34-17-28(32)33/h7-10,13-16H,2-6,11-12,17H2,1H3,(H,32,33). The summed E-state index contributed by atoms with van der Waals surface area (Å²) >= 11 is 0. The number of anilines is 1. The lowest BCUT2D eigenvalue weighted by molar-refractivity contribution is -0.139. The lowest BCUT2D eigenvalue weighted by Gasteiger charge is -2.32. The average Bonchev–Trinajstić information content (AvgIpc) is 2.88. The molecule has 6 nitrogen and oxygen atoms in total. The molecule has 0 spiro atoms. The van der Waals surface area contributed by atoms with E-state index in [0.717, 1.165) is 84.1 Å². The molecule has 0 amide bonds. The van der Waals surface area contributed by atoms with Crippen molar-refractivity contribution in [3.63, 3.8) is 0 Å². The first-order valence-electron chi connectivity index (χ1n) is 12.4. The van der Waals surface area contributed by atoms with Gasteiger partial charge < -0.3 is 19.5 Å². The fourth-order valence-corrected chi connectivity index (χ4v) is 5.45. The number of fused-ring (bicyclic) bond motifs is 4. The van der Waals surface area contributed by atoms with Crippen molar-refractivity contribution in [3.05, 3.63) is 81.4 Å². The first-order chi connectivity index (χ1) is 17.1. The van der Waals surface area contributed by atoms with Gasteiger partial charge in [-0.1, -0.05) is 12.1 Å². The predicted molar refractivity (Wildman–Crippen MR) is 134 cm³/mol. The van der Waals surface area contributed by atoms with Gasteiger partial charge in [0.25, 0.3) is 0 Å². The van der Waals surface area contributed by atoms with Crippen LogP contribution in [0.4, 0.5) is 5.69 Å². The number of aryl methyl sites for hydroxylation is 2. The largest absolute Gasteiger partial charge is 0.482 e. The molecule has 0 aromatic heterocycles. The van der Waals surface area contributed by atoms with E-state index in [9.17, 15) is 4.79 Å². The van der Waals surface area contributed by atoms with E-state index in [0.29, 0.717) is 5.75 Å². The summed E-state index contributed by atoms with van der Waals surface area (Å²) in [7, 11) is 0. The molecule has 0 atom stereocenters. The van der Waals surface area contributed by atoms with Crippen LogP contribution in [0.1, 0.15) is 42.0 Å². The van der Waals surface area contributed by atoms with Crippen LogP contribution in [-0.4, -0.2) is 37.3 Å². The lowest BCUT2D eigenvalue weighted by Crippen LogP contribution is -2.30. The Hall–Kier alpha value is -3.80. The summed E-state index contributed by atoms with van der Waals surface area (Å²) in [4.78, 5) is 18.0. The van der Waals surface area contributed by atoms with Crippen LogP contribution in [0.2, 0.25) is 0 Å². The van der Waals surface area contributed by atoms with Gasteiger partial charge in [-0.05, 0) is 73.6 Å². The van der Waals surface area contributed by atoms with Crippen molar-refractivity contribution in [2.24, 2.45) is 4.99 Å². The van der Waals surface area contributed by atoms with Crippen LogP contribution in [0.5, 0.6) is 17.2 Å². The van der Waals surface area contributed by atoms with E-state index in [1.54, 1.807) is 0 Å². The third kappa shape index (κ3) is 3.93. The van der Waals surface area contributed by atoms with Gasteiger partial charge in [0.2, 0.25) is 0 Å². The van der Waals surface area contributed by atoms with Crippen molar-refractivity contribution in [1.82, 2.24) is 0 Å². The van der Waals surface area contributed by atoms with E-state index >= 15 is 0 Å². The molecule has 0 radical (unpaired) electrons. The summed E-state index contributed by atoms with van der Waals surface area (Å²) in [6.07, 6.45) is 4.29. The maximum absolute atomic E-state index is 10.9. The van der Waals surface area contributed by atoms with Gasteiger partial charge >= 0.3 is 5.97 Å². The number of aliphatic carboxylic acids is 1. The van der Waals surface area contributed by atoms with Gasteiger partial charge in [-0.2, -0.15) is 0 Å². The fourth-order valence-electron chi connectivity index (χ4n) is 5.45. The van der Waals surface area contributed by atoms with Crippen LogP contribution in [0.25, 0.3) is 5.57 Å². The molecule has 0 aliphatic carbocycles. The van der Waals surface area contributed by atoms with Crippen LogP contribution in [0.3, 0.4) is 0 Å². The number of nitrogens with zero attached hydrogens (tertiary/aromatic N) is 2. The molecule has 6 heteroatoms. The summed E-state index contributed by atoms with van der Waals surface area (Å²) in [6.45, 7) is 4.74. The molecule has 0 bridgehead atoms. The molecule has 0 saturated carbocycles. The predicted octanol–water partition coefficient (Wildman–Crippen LogP) is 3.84. The maximum Gasteiger partial charge on any atom is 0.341 e. The summed E-state index contributed by atoms with van der Waals surface area (Å²) < 4.78 is 11.9. The molecule has 178 valence electrons. The van der Waals surface area contributed by atoms with E-state index in [4.69, 9.17) is 19.6 Å². The van der Waals surface area contributed by atoms with Crippen molar-refractivity contribution < 1.29 is 19.4 Å². The summed E-state index contributed by atoms with van der Waals surface area (Å²) in [5.74, 6) is 1.25. The van der Waals surface area contributed by atoms with Gasteiger partial charge in [-0.15, -0.1) is 0 Å². The van der Waals surface area contributed by atoms with Crippen LogP contribution in [-0.2, 0) is 17.6 Å². The van der Waals surface area contributed by atoms with Gasteiger partial charge in [0.1, 0.15) is 17.2 Å². The Bertz CT molecular complexity index is 1440. The molecule has 3 aromatic rings. The highest BCUT2D eigenvalue weighted by atomic mass is 16.5. The Morgan fingerprint density at radius 2 is 1.89 bits per heavy atom. The first kappa shape index (κ1) is 21.7.